The van der Waals surface area contributed by atoms with E-state index in [1.807, 2.05) is 48.5 Å². The van der Waals surface area contributed by atoms with Crippen molar-refractivity contribution in [3.63, 3.8) is 0 Å². The number of rotatable bonds is 5. The molecule has 5 aromatic carbocycles. The molecule has 0 aliphatic heterocycles. The molecule has 7 heteroatoms. The lowest BCUT2D eigenvalue weighted by molar-refractivity contribution is 0.696. The monoisotopic (exact) mass is 609 g/mol. The van der Waals surface area contributed by atoms with Crippen molar-refractivity contribution in [2.24, 2.45) is 10.7 Å². The summed E-state index contributed by atoms with van der Waals surface area (Å²) in [6, 6.07) is 41.4. The number of benzene rings is 5. The number of para-hydroxylation sites is 2. The van der Waals surface area contributed by atoms with E-state index in [-0.39, 0.29) is 6.04 Å². The highest BCUT2D eigenvalue weighted by Crippen LogP contribution is 2.42. The third-order valence-electron chi connectivity index (χ3n) is 8.26. The van der Waals surface area contributed by atoms with Gasteiger partial charge in [0.1, 0.15) is 22.5 Å². The van der Waals surface area contributed by atoms with E-state index >= 15 is 0 Å². The molecule has 2 unspecified atom stereocenters. The predicted octanol–water partition coefficient (Wildman–Crippen LogP) is 9.42. The number of halogens is 1. The lowest BCUT2D eigenvalue weighted by Gasteiger charge is -2.20. The Bertz CT molecular complexity index is 2360. The minimum absolute atomic E-state index is 0.0180. The maximum atomic E-state index is 6.67. The summed E-state index contributed by atoms with van der Waals surface area (Å²) in [5, 5.41) is 8.84. The maximum absolute atomic E-state index is 6.67. The van der Waals surface area contributed by atoms with Crippen LogP contribution in [0.3, 0.4) is 0 Å². The van der Waals surface area contributed by atoms with Gasteiger partial charge in [-0.2, -0.15) is 0 Å². The summed E-state index contributed by atoms with van der Waals surface area (Å²) in [4.78, 5) is 11.2. The molecule has 0 amide bonds. The minimum atomic E-state index is -0.520. The van der Waals surface area contributed by atoms with Crippen molar-refractivity contribution in [3.8, 4) is 0 Å². The molecular formula is C37H28ClN5S. The van der Waals surface area contributed by atoms with E-state index in [4.69, 9.17) is 27.3 Å². The van der Waals surface area contributed by atoms with Crippen molar-refractivity contribution in [1.29, 1.82) is 0 Å². The molecular weight excluding hydrogens is 582 g/mol. The lowest BCUT2D eigenvalue weighted by Crippen LogP contribution is -2.29. The molecule has 2 atom stereocenters. The van der Waals surface area contributed by atoms with Crippen LogP contribution in [0.5, 0.6) is 0 Å². The standard InChI is InChI=1S/C37H28ClN5S/c1-22(23-10-4-2-5-11-23)40-35(42-34(39)24-12-6-3-7-13-24)25-16-19-32-29(20-25)33-28-21-26(38)17-18-27(28)36-41-30-14-8-9-15-31(30)43(36)37(33)44-32/h2-22,34H,39H2,1H3,(H,40,42). The van der Waals surface area contributed by atoms with Gasteiger partial charge in [0, 0.05) is 37.5 Å². The van der Waals surface area contributed by atoms with E-state index in [0.717, 1.165) is 60.0 Å². The number of pyridine rings is 1. The predicted molar refractivity (Wildman–Crippen MR) is 186 cm³/mol. The zero-order valence-corrected chi connectivity index (χ0v) is 25.5. The van der Waals surface area contributed by atoms with Crippen LogP contribution in [-0.2, 0) is 0 Å². The number of nitrogens with one attached hydrogen (secondary N) is 1. The Hall–Kier alpha value is -4.75. The highest BCUT2D eigenvalue weighted by Gasteiger charge is 2.20. The molecule has 0 aliphatic rings. The first-order valence-electron chi connectivity index (χ1n) is 14.6. The molecule has 0 saturated carbocycles. The van der Waals surface area contributed by atoms with Crippen molar-refractivity contribution in [3.05, 3.63) is 143 Å². The van der Waals surface area contributed by atoms with Crippen molar-refractivity contribution in [2.45, 2.75) is 19.1 Å². The molecule has 0 spiro atoms. The van der Waals surface area contributed by atoms with Crippen molar-refractivity contribution >= 4 is 76.5 Å². The van der Waals surface area contributed by atoms with Crippen LogP contribution in [0.4, 0.5) is 0 Å². The summed E-state index contributed by atoms with van der Waals surface area (Å²) in [6.45, 7) is 2.15. The zero-order valence-electron chi connectivity index (χ0n) is 23.9. The SMILES string of the molecule is CC(NC(=NC(N)c1ccccc1)c1ccc2sc3c(c2c1)c1cc(Cl)ccc1c1nc2ccccc2n13)c1ccccc1. The molecule has 0 radical (unpaired) electrons. The van der Waals surface area contributed by atoms with Gasteiger partial charge in [0.15, 0.2) is 0 Å². The van der Waals surface area contributed by atoms with Gasteiger partial charge in [0.05, 0.1) is 11.0 Å². The Morgan fingerprint density at radius 1 is 0.818 bits per heavy atom. The molecule has 214 valence electrons. The fourth-order valence-corrected chi connectivity index (χ4v) is 7.45. The van der Waals surface area contributed by atoms with Gasteiger partial charge in [-0.1, -0.05) is 84.4 Å². The number of nitrogens with two attached hydrogens (primary N) is 1. The Morgan fingerprint density at radius 2 is 1.55 bits per heavy atom. The molecule has 0 fully saturated rings. The quantitative estimate of drug-likeness (QED) is 0.151. The highest BCUT2D eigenvalue weighted by atomic mass is 35.5. The summed E-state index contributed by atoms with van der Waals surface area (Å²) in [5.74, 6) is 0.746. The number of hydrogen-bond acceptors (Lipinski definition) is 4. The molecule has 8 rings (SSSR count). The maximum Gasteiger partial charge on any atom is 0.147 e. The van der Waals surface area contributed by atoms with Gasteiger partial charge in [0.2, 0.25) is 0 Å². The van der Waals surface area contributed by atoms with E-state index in [2.05, 4.69) is 89.4 Å². The average molecular weight is 610 g/mol. The molecule has 0 bridgehead atoms. The van der Waals surface area contributed by atoms with Gasteiger partial charge in [-0.3, -0.25) is 4.40 Å². The second kappa shape index (κ2) is 10.8. The van der Waals surface area contributed by atoms with E-state index in [0.29, 0.717) is 5.02 Å². The van der Waals surface area contributed by atoms with E-state index in [9.17, 15) is 0 Å². The van der Waals surface area contributed by atoms with E-state index in [1.165, 1.54) is 10.3 Å². The van der Waals surface area contributed by atoms with Gasteiger partial charge >= 0.3 is 0 Å². The first-order valence-corrected chi connectivity index (χ1v) is 15.8. The summed E-state index contributed by atoms with van der Waals surface area (Å²) >= 11 is 8.38. The van der Waals surface area contributed by atoms with Crippen LogP contribution in [0.15, 0.2) is 126 Å². The molecule has 3 heterocycles. The van der Waals surface area contributed by atoms with Crippen LogP contribution in [-0.4, -0.2) is 15.2 Å². The number of nitrogens with zero attached hydrogens (tertiary/aromatic N) is 3. The Kier molecular flexibility index (Phi) is 6.56. The molecule has 0 aliphatic carbocycles. The van der Waals surface area contributed by atoms with Crippen LogP contribution in [0.25, 0.3) is 47.8 Å². The number of aromatic nitrogens is 2. The van der Waals surface area contributed by atoms with Gasteiger partial charge in [-0.15, -0.1) is 11.3 Å². The van der Waals surface area contributed by atoms with Crippen LogP contribution in [0.1, 0.15) is 35.8 Å². The van der Waals surface area contributed by atoms with Crippen LogP contribution >= 0.6 is 22.9 Å². The fraction of sp³-hybridized carbons (Fsp3) is 0.0811. The zero-order chi connectivity index (χ0) is 29.8. The van der Waals surface area contributed by atoms with Crippen LogP contribution in [0.2, 0.25) is 5.02 Å². The Morgan fingerprint density at radius 3 is 2.34 bits per heavy atom. The molecule has 3 aromatic heterocycles. The molecule has 44 heavy (non-hydrogen) atoms. The third kappa shape index (κ3) is 4.50. The second-order valence-electron chi connectivity index (χ2n) is 11.1. The molecule has 0 saturated heterocycles. The largest absolute Gasteiger partial charge is 0.363 e. The number of amidine groups is 1. The minimum Gasteiger partial charge on any atom is -0.363 e. The number of hydrogen-bond donors (Lipinski definition) is 2. The smallest absolute Gasteiger partial charge is 0.147 e. The van der Waals surface area contributed by atoms with E-state index < -0.39 is 6.17 Å². The van der Waals surface area contributed by atoms with Crippen molar-refractivity contribution in [2.75, 3.05) is 0 Å². The fourth-order valence-electron chi connectivity index (χ4n) is 6.07. The topological polar surface area (TPSA) is 67.7 Å². The van der Waals surface area contributed by atoms with E-state index in [1.54, 1.807) is 11.3 Å². The van der Waals surface area contributed by atoms with Crippen molar-refractivity contribution < 1.29 is 0 Å². The number of imidazole rings is 1. The summed E-state index contributed by atoms with van der Waals surface area (Å²) < 4.78 is 3.47. The third-order valence-corrected chi connectivity index (χ3v) is 9.65. The molecule has 5 nitrogen and oxygen atoms in total. The Labute approximate surface area is 263 Å². The lowest BCUT2D eigenvalue weighted by atomic mass is 10.0. The number of thiophene rings is 1. The summed E-state index contributed by atoms with van der Waals surface area (Å²) in [5.41, 5.74) is 12.8. The number of aliphatic imine (C=N–C) groups is 1. The molecule has 3 N–H and O–H groups in total. The second-order valence-corrected chi connectivity index (χ2v) is 12.5. The van der Waals surface area contributed by atoms with Crippen LogP contribution < -0.4 is 11.1 Å². The number of fused-ring (bicyclic) bond motifs is 10. The Balaban J connectivity index is 1.37. The molecule has 8 aromatic rings. The first-order chi connectivity index (χ1) is 21.5. The summed E-state index contributed by atoms with van der Waals surface area (Å²) in [7, 11) is 0. The van der Waals surface area contributed by atoms with Crippen molar-refractivity contribution in [1.82, 2.24) is 14.7 Å². The van der Waals surface area contributed by atoms with Gasteiger partial charge in [-0.05, 0) is 72.0 Å². The van der Waals surface area contributed by atoms with Crippen LogP contribution in [0, 0.1) is 0 Å². The first kappa shape index (κ1) is 26.8. The summed E-state index contributed by atoms with van der Waals surface area (Å²) in [6.07, 6.45) is -0.520. The normalized spacial score (nSPS) is 13.8. The average Bonchev–Trinajstić information content (AvgIpc) is 3.64. The highest BCUT2D eigenvalue weighted by molar-refractivity contribution is 7.25. The van der Waals surface area contributed by atoms with Gasteiger partial charge in [0.25, 0.3) is 0 Å². The van der Waals surface area contributed by atoms with Gasteiger partial charge < -0.3 is 11.1 Å². The van der Waals surface area contributed by atoms with Gasteiger partial charge in [-0.25, -0.2) is 9.98 Å².